The quantitative estimate of drug-likeness (QED) is 0.0593. The molecule has 0 aliphatic rings. The molecular weight excluding hydrogens is 596 g/mol. The normalized spacial score (nSPS) is 11.8. The summed E-state index contributed by atoms with van der Waals surface area (Å²) < 4.78 is 12.7. The van der Waals surface area contributed by atoms with Gasteiger partial charge < -0.3 is 14.0 Å². The summed E-state index contributed by atoms with van der Waals surface area (Å²) in [6.07, 6.45) is 7.11. The highest BCUT2D eigenvalue weighted by Crippen LogP contribution is 2.21. The molecule has 0 saturated heterocycles. The summed E-state index contributed by atoms with van der Waals surface area (Å²) in [5.41, 5.74) is 2.45. The van der Waals surface area contributed by atoms with Gasteiger partial charge in [-0.3, -0.25) is 30.5 Å². The molecule has 0 unspecified atom stereocenters. The lowest BCUT2D eigenvalue weighted by molar-refractivity contribution is -0.493. The maximum Gasteiger partial charge on any atom is 0.338 e. The summed E-state index contributed by atoms with van der Waals surface area (Å²) >= 11 is 1.53. The lowest BCUT2D eigenvalue weighted by Gasteiger charge is -2.13. The Morgan fingerprint density at radius 3 is 2.23 bits per heavy atom. The van der Waals surface area contributed by atoms with Gasteiger partial charge in [-0.15, -0.1) is 11.3 Å². The van der Waals surface area contributed by atoms with Crippen LogP contribution in [0.2, 0.25) is 0 Å². The molecule has 2 heterocycles. The lowest BCUT2D eigenvalue weighted by Crippen LogP contribution is -2.17. The second kappa shape index (κ2) is 19.0. The number of hydrogen-bond acceptors (Lipinski definition) is 14. The number of imidazole rings is 1. The van der Waals surface area contributed by atoms with Crippen molar-refractivity contribution in [2.24, 2.45) is 0 Å². The number of unbranched alkanes of at least 4 members (excludes halogenated alkanes) is 1. The summed E-state index contributed by atoms with van der Waals surface area (Å²) in [6, 6.07) is 10.9. The number of nitrogens with zero attached hydrogens (tertiary/aromatic N) is 4. The van der Waals surface area contributed by atoms with Crippen molar-refractivity contribution in [3.8, 4) is 0 Å². The van der Waals surface area contributed by atoms with E-state index in [4.69, 9.17) is 30.3 Å². The Labute approximate surface area is 258 Å². The fraction of sp³-hybridized carbons (Fsp3) is 0.414. The predicted octanol–water partition coefficient (Wildman–Crippen LogP) is 4.47. The molecule has 1 aromatic carbocycles. The number of esters is 2. The largest absolute Gasteiger partial charge is 0.462 e. The third kappa shape index (κ3) is 12.2. The number of ether oxygens (including phenoxy) is 2. The summed E-state index contributed by atoms with van der Waals surface area (Å²) in [7, 11) is 0. The van der Waals surface area contributed by atoms with E-state index in [0.29, 0.717) is 24.1 Å². The molecule has 4 N–H and O–H groups in total. The van der Waals surface area contributed by atoms with E-state index >= 15 is 0 Å². The number of rotatable bonds is 20. The zero-order valence-electron chi connectivity index (χ0n) is 24.4. The van der Waals surface area contributed by atoms with E-state index in [1.165, 1.54) is 11.3 Å². The van der Waals surface area contributed by atoms with Crippen molar-refractivity contribution in [2.45, 2.75) is 52.0 Å². The van der Waals surface area contributed by atoms with Crippen LogP contribution >= 0.6 is 11.3 Å². The number of hydrogen-bond donors (Lipinski definition) is 4. The zero-order valence-corrected chi connectivity index (χ0v) is 25.2. The Balaban J connectivity index is 1.76. The maximum absolute atomic E-state index is 13.1. The smallest absolute Gasteiger partial charge is 0.338 e. The van der Waals surface area contributed by atoms with Crippen LogP contribution < -0.4 is 0 Å². The number of aromatic nitrogens is 2. The van der Waals surface area contributed by atoms with E-state index < -0.39 is 17.3 Å². The second-order valence-electron chi connectivity index (χ2n) is 9.56. The van der Waals surface area contributed by atoms with Gasteiger partial charge in [0.05, 0.1) is 54.7 Å². The Bertz CT molecular complexity index is 1310. The predicted molar refractivity (Wildman–Crippen MR) is 156 cm³/mol. The molecule has 44 heavy (non-hydrogen) atoms. The number of carbonyl (C=O) groups is 2. The minimum absolute atomic E-state index is 0.0297. The van der Waals surface area contributed by atoms with Crippen molar-refractivity contribution in [1.82, 2.24) is 20.3 Å². The fourth-order valence-corrected chi connectivity index (χ4v) is 4.80. The van der Waals surface area contributed by atoms with Crippen molar-refractivity contribution in [3.63, 3.8) is 0 Å². The highest BCUT2D eigenvalue weighted by Gasteiger charge is 2.17. The third-order valence-corrected chi connectivity index (χ3v) is 7.12. The first-order valence-corrected chi connectivity index (χ1v) is 15.0. The van der Waals surface area contributed by atoms with Gasteiger partial charge in [0, 0.05) is 42.7 Å². The van der Waals surface area contributed by atoms with Gasteiger partial charge in [-0.25, -0.2) is 14.6 Å². The van der Waals surface area contributed by atoms with E-state index in [1.54, 1.807) is 24.4 Å². The molecule has 0 aliphatic heterocycles. The summed E-state index contributed by atoms with van der Waals surface area (Å²) in [6.45, 7) is 2.56. The van der Waals surface area contributed by atoms with E-state index in [9.17, 15) is 9.59 Å². The van der Waals surface area contributed by atoms with Crippen LogP contribution in [0.15, 0.2) is 53.5 Å². The van der Waals surface area contributed by atoms with Gasteiger partial charge in [0.1, 0.15) is 5.82 Å². The Morgan fingerprint density at radius 2 is 1.61 bits per heavy atom. The first-order chi connectivity index (χ1) is 21.3. The van der Waals surface area contributed by atoms with Crippen LogP contribution in [0.25, 0.3) is 6.08 Å². The fourth-order valence-electron chi connectivity index (χ4n) is 4.07. The molecule has 2 aromatic heterocycles. The maximum atomic E-state index is 13.1. The first-order valence-electron chi connectivity index (χ1n) is 14.1. The Hall–Kier alpha value is -3.51. The molecule has 3 rings (SSSR count). The van der Waals surface area contributed by atoms with Gasteiger partial charge in [-0.1, -0.05) is 31.5 Å². The second-order valence-corrected chi connectivity index (χ2v) is 10.6. The summed E-state index contributed by atoms with van der Waals surface area (Å²) in [5.74, 6) is -0.137. The third-order valence-electron chi connectivity index (χ3n) is 6.24. The minimum Gasteiger partial charge on any atom is -0.462 e. The Kier molecular flexibility index (Phi) is 15.1. The molecular formula is C29H38N4O10S. The minimum atomic E-state index is -0.510. The van der Waals surface area contributed by atoms with Gasteiger partial charge in [-0.05, 0) is 41.6 Å². The van der Waals surface area contributed by atoms with Gasteiger partial charge in [0.2, 0.25) is 0 Å². The van der Waals surface area contributed by atoms with E-state index in [2.05, 4.69) is 21.6 Å². The standard InChI is InChI=1S/C29H38N4O10S/c1-2-3-8-27-30-20-25(18-24(19-26-7-4-17-44-26)29(35)41-14-6-16-43-33(38)39)31(27)21-22-9-11-23(12-10-22)28(34)40-13-5-15-42-32(36)37/h4,7,9-12,17-18,20,36-39H,2-3,5-6,8,13-16,19,21H2,1H3/b24-18+. The molecule has 0 spiro atoms. The summed E-state index contributed by atoms with van der Waals surface area (Å²) in [5, 5.41) is 35.5. The van der Waals surface area contributed by atoms with Gasteiger partial charge in [0.15, 0.2) is 0 Å². The lowest BCUT2D eigenvalue weighted by atomic mass is 10.1. The molecule has 14 nitrogen and oxygen atoms in total. The molecule has 0 fully saturated rings. The average molecular weight is 635 g/mol. The van der Waals surface area contributed by atoms with Crippen LogP contribution in [-0.4, -0.2) is 79.5 Å². The first kappa shape index (κ1) is 35.0. The molecule has 240 valence electrons. The van der Waals surface area contributed by atoms with Crippen LogP contribution in [0, 0.1) is 0 Å². The van der Waals surface area contributed by atoms with Gasteiger partial charge in [0.25, 0.3) is 0 Å². The van der Waals surface area contributed by atoms with Crippen LogP contribution in [0.4, 0.5) is 0 Å². The van der Waals surface area contributed by atoms with Crippen LogP contribution in [0.3, 0.4) is 0 Å². The number of thiophene rings is 1. The van der Waals surface area contributed by atoms with Crippen LogP contribution in [0.5, 0.6) is 0 Å². The topological polar surface area (TPSA) is 176 Å². The van der Waals surface area contributed by atoms with Crippen LogP contribution in [-0.2, 0) is 43.3 Å². The van der Waals surface area contributed by atoms with Crippen molar-refractivity contribution in [2.75, 3.05) is 26.4 Å². The molecule has 15 heteroatoms. The highest BCUT2D eigenvalue weighted by atomic mass is 32.1. The average Bonchev–Trinajstić information content (AvgIpc) is 3.65. The number of carbonyl (C=O) groups excluding carboxylic acids is 2. The SMILES string of the molecule is CCCCc1ncc(/C=C(\Cc2cccs2)C(=O)OCCCON(O)O)n1Cc1ccc(C(=O)OCCCON(O)O)cc1. The monoisotopic (exact) mass is 634 g/mol. The van der Waals surface area contributed by atoms with E-state index in [-0.39, 0.29) is 44.7 Å². The number of benzene rings is 1. The van der Waals surface area contributed by atoms with Crippen LogP contribution in [0.1, 0.15) is 64.9 Å². The molecule has 0 radical (unpaired) electrons. The van der Waals surface area contributed by atoms with Crippen molar-refractivity contribution in [1.29, 1.82) is 0 Å². The molecule has 0 bridgehead atoms. The highest BCUT2D eigenvalue weighted by molar-refractivity contribution is 7.09. The van der Waals surface area contributed by atoms with Crippen molar-refractivity contribution < 1.29 is 49.6 Å². The molecule has 0 amide bonds. The zero-order chi connectivity index (χ0) is 31.7. The van der Waals surface area contributed by atoms with Gasteiger partial charge >= 0.3 is 11.9 Å². The molecule has 0 saturated carbocycles. The summed E-state index contributed by atoms with van der Waals surface area (Å²) in [4.78, 5) is 40.1. The molecule has 0 aliphatic carbocycles. The van der Waals surface area contributed by atoms with Crippen molar-refractivity contribution >= 4 is 29.4 Å². The van der Waals surface area contributed by atoms with E-state index in [1.807, 2.05) is 34.2 Å². The van der Waals surface area contributed by atoms with Gasteiger partial charge in [-0.2, -0.15) is 0 Å². The molecule has 0 atom stereocenters. The molecule has 3 aromatic rings. The van der Waals surface area contributed by atoms with E-state index in [0.717, 1.165) is 41.2 Å². The number of aryl methyl sites for hydroxylation is 1. The van der Waals surface area contributed by atoms with Crippen molar-refractivity contribution in [3.05, 3.63) is 81.1 Å². The Morgan fingerprint density at radius 1 is 0.932 bits per heavy atom.